The van der Waals surface area contributed by atoms with E-state index in [-0.39, 0.29) is 10.9 Å². The van der Waals surface area contributed by atoms with Crippen molar-refractivity contribution in [1.82, 2.24) is 9.88 Å². The van der Waals surface area contributed by atoms with Crippen LogP contribution in [-0.2, 0) is 16.6 Å². The Morgan fingerprint density at radius 1 is 1.43 bits per heavy atom. The Labute approximate surface area is 128 Å². The topological polar surface area (TPSA) is 102 Å². The molecule has 6 nitrogen and oxygen atoms in total. The number of nitrogens with zero attached hydrogens (tertiary/aromatic N) is 2. The second-order valence-corrected chi connectivity index (χ2v) is 7.58. The van der Waals surface area contributed by atoms with Gasteiger partial charge in [0.1, 0.15) is 0 Å². The number of primary sulfonamides is 1. The Morgan fingerprint density at radius 3 is 2.71 bits per heavy atom. The molecule has 2 aromatic rings. The monoisotopic (exact) mass is 326 g/mol. The molecule has 1 aromatic heterocycles. The van der Waals surface area contributed by atoms with Gasteiger partial charge in [0.15, 0.2) is 5.13 Å². The van der Waals surface area contributed by atoms with Gasteiger partial charge in [-0.05, 0) is 31.7 Å². The van der Waals surface area contributed by atoms with Gasteiger partial charge in [0, 0.05) is 23.7 Å². The Morgan fingerprint density at radius 2 is 2.14 bits per heavy atom. The van der Waals surface area contributed by atoms with Crippen LogP contribution < -0.4 is 10.9 Å². The molecule has 4 N–H and O–H groups in total. The Hall–Kier alpha value is -1.48. The fraction of sp³-hybridized carbons (Fsp3) is 0.308. The number of thiazole rings is 1. The van der Waals surface area contributed by atoms with E-state index < -0.39 is 10.0 Å². The molecule has 114 valence electrons. The predicted octanol–water partition coefficient (Wildman–Crippen LogP) is 1.57. The van der Waals surface area contributed by atoms with Crippen molar-refractivity contribution >= 4 is 26.5 Å². The molecule has 0 amide bonds. The van der Waals surface area contributed by atoms with Gasteiger partial charge in [-0.3, -0.25) is 4.90 Å². The van der Waals surface area contributed by atoms with Gasteiger partial charge >= 0.3 is 0 Å². The van der Waals surface area contributed by atoms with Gasteiger partial charge in [-0.25, -0.2) is 18.5 Å². The molecule has 1 aromatic carbocycles. The molecule has 0 fully saturated rings. The first-order valence-corrected chi connectivity index (χ1v) is 8.67. The van der Waals surface area contributed by atoms with Gasteiger partial charge in [0.25, 0.3) is 0 Å². The summed E-state index contributed by atoms with van der Waals surface area (Å²) in [6, 6.07) is 6.73. The number of hydrogen-bond acceptors (Lipinski definition) is 6. The summed E-state index contributed by atoms with van der Waals surface area (Å²) < 4.78 is 22.8. The number of rotatable bonds is 5. The van der Waals surface area contributed by atoms with E-state index in [1.54, 1.807) is 18.3 Å². The van der Waals surface area contributed by atoms with Crippen LogP contribution in [0.1, 0.15) is 23.4 Å². The normalized spacial score (nSPS) is 13.5. The Bertz CT molecular complexity index is 727. The molecule has 1 heterocycles. The maximum atomic E-state index is 11.4. The van der Waals surface area contributed by atoms with Gasteiger partial charge < -0.3 is 5.73 Å². The standard InChI is InChI=1S/C13H18N4O2S2/c1-9(17(2)8-11-7-16-13(14)20-11)10-4-3-5-12(6-10)21(15,18)19/h3-7,9H,8H2,1-2H3,(H2,14,16)(H2,15,18,19). The third-order valence-electron chi connectivity index (χ3n) is 3.31. The fourth-order valence-electron chi connectivity index (χ4n) is 1.98. The lowest BCUT2D eigenvalue weighted by molar-refractivity contribution is 0.255. The van der Waals surface area contributed by atoms with E-state index in [0.29, 0.717) is 11.7 Å². The average molecular weight is 326 g/mol. The number of hydrogen-bond donors (Lipinski definition) is 2. The van der Waals surface area contributed by atoms with Gasteiger partial charge in [-0.2, -0.15) is 0 Å². The smallest absolute Gasteiger partial charge is 0.238 e. The number of anilines is 1. The summed E-state index contributed by atoms with van der Waals surface area (Å²) in [6.07, 6.45) is 1.75. The van der Waals surface area contributed by atoms with Crippen LogP contribution in [0.25, 0.3) is 0 Å². The fourth-order valence-corrected chi connectivity index (χ4v) is 3.30. The zero-order chi connectivity index (χ0) is 15.6. The summed E-state index contributed by atoms with van der Waals surface area (Å²) in [5, 5.41) is 5.71. The van der Waals surface area contributed by atoms with E-state index in [2.05, 4.69) is 9.88 Å². The second kappa shape index (κ2) is 6.10. The molecule has 1 atom stereocenters. The van der Waals surface area contributed by atoms with Crippen molar-refractivity contribution in [3.63, 3.8) is 0 Å². The lowest BCUT2D eigenvalue weighted by Gasteiger charge is -2.24. The second-order valence-electron chi connectivity index (χ2n) is 4.87. The largest absolute Gasteiger partial charge is 0.375 e. The lowest BCUT2D eigenvalue weighted by Crippen LogP contribution is -2.22. The van der Waals surface area contributed by atoms with E-state index in [0.717, 1.165) is 10.4 Å². The number of nitrogen functional groups attached to an aromatic ring is 1. The Kier molecular flexibility index (Phi) is 4.62. The van der Waals surface area contributed by atoms with E-state index in [4.69, 9.17) is 10.9 Å². The minimum Gasteiger partial charge on any atom is -0.375 e. The highest BCUT2D eigenvalue weighted by molar-refractivity contribution is 7.89. The highest BCUT2D eigenvalue weighted by atomic mass is 32.2. The zero-order valence-electron chi connectivity index (χ0n) is 11.9. The molecule has 0 spiro atoms. The minimum absolute atomic E-state index is 0.0371. The molecule has 0 saturated carbocycles. The quantitative estimate of drug-likeness (QED) is 0.868. The molecule has 0 aliphatic carbocycles. The summed E-state index contributed by atoms with van der Waals surface area (Å²) in [4.78, 5) is 7.30. The molecule has 0 radical (unpaired) electrons. The molecule has 0 saturated heterocycles. The maximum absolute atomic E-state index is 11.4. The number of sulfonamides is 1. The van der Waals surface area contributed by atoms with Crippen molar-refractivity contribution in [3.05, 3.63) is 40.9 Å². The van der Waals surface area contributed by atoms with Crippen molar-refractivity contribution in [2.24, 2.45) is 5.14 Å². The molecular weight excluding hydrogens is 308 g/mol. The number of nitrogens with two attached hydrogens (primary N) is 2. The minimum atomic E-state index is -3.68. The highest BCUT2D eigenvalue weighted by Gasteiger charge is 2.16. The maximum Gasteiger partial charge on any atom is 0.238 e. The number of benzene rings is 1. The zero-order valence-corrected chi connectivity index (χ0v) is 13.5. The van der Waals surface area contributed by atoms with E-state index >= 15 is 0 Å². The summed E-state index contributed by atoms with van der Waals surface area (Å²) in [5.74, 6) is 0. The lowest BCUT2D eigenvalue weighted by atomic mass is 10.1. The molecule has 21 heavy (non-hydrogen) atoms. The van der Waals surface area contributed by atoms with Crippen LogP contribution in [0, 0.1) is 0 Å². The Balaban J connectivity index is 2.17. The van der Waals surface area contributed by atoms with Crippen LogP contribution in [0.5, 0.6) is 0 Å². The van der Waals surface area contributed by atoms with Crippen LogP contribution in [0.15, 0.2) is 35.4 Å². The van der Waals surface area contributed by atoms with Crippen LogP contribution in [0.3, 0.4) is 0 Å². The first-order chi connectivity index (χ1) is 9.77. The van der Waals surface area contributed by atoms with Crippen molar-refractivity contribution in [3.8, 4) is 0 Å². The summed E-state index contributed by atoms with van der Waals surface area (Å²) in [6.45, 7) is 2.70. The molecule has 0 aliphatic heterocycles. The van der Waals surface area contributed by atoms with Crippen molar-refractivity contribution in [2.75, 3.05) is 12.8 Å². The van der Waals surface area contributed by atoms with Crippen LogP contribution in [-0.4, -0.2) is 25.3 Å². The molecular formula is C13H18N4O2S2. The molecule has 8 heteroatoms. The van der Waals surface area contributed by atoms with E-state index in [9.17, 15) is 8.42 Å². The molecule has 1 unspecified atom stereocenters. The summed E-state index contributed by atoms with van der Waals surface area (Å²) in [5.41, 5.74) is 6.51. The SMILES string of the molecule is CC(c1cccc(S(N)(=O)=O)c1)N(C)Cc1cnc(N)s1. The van der Waals surface area contributed by atoms with Gasteiger partial charge in [-0.15, -0.1) is 11.3 Å². The van der Waals surface area contributed by atoms with Gasteiger partial charge in [-0.1, -0.05) is 12.1 Å². The van der Waals surface area contributed by atoms with E-state index in [1.807, 2.05) is 20.0 Å². The third-order valence-corrected chi connectivity index (χ3v) is 5.03. The first-order valence-electron chi connectivity index (χ1n) is 6.30. The predicted molar refractivity (Wildman–Crippen MR) is 84.2 cm³/mol. The number of aromatic nitrogens is 1. The van der Waals surface area contributed by atoms with Crippen molar-refractivity contribution < 1.29 is 8.42 Å². The molecule has 2 rings (SSSR count). The van der Waals surface area contributed by atoms with Crippen LogP contribution in [0.4, 0.5) is 5.13 Å². The van der Waals surface area contributed by atoms with Gasteiger partial charge in [0.05, 0.1) is 4.90 Å². The summed E-state index contributed by atoms with van der Waals surface area (Å²) in [7, 11) is -1.72. The van der Waals surface area contributed by atoms with Gasteiger partial charge in [0.2, 0.25) is 10.0 Å². The van der Waals surface area contributed by atoms with Crippen LogP contribution in [0.2, 0.25) is 0 Å². The highest BCUT2D eigenvalue weighted by Crippen LogP contribution is 2.24. The third kappa shape index (κ3) is 4.01. The van der Waals surface area contributed by atoms with Crippen molar-refractivity contribution in [1.29, 1.82) is 0 Å². The average Bonchev–Trinajstić information content (AvgIpc) is 2.82. The van der Waals surface area contributed by atoms with Crippen LogP contribution >= 0.6 is 11.3 Å². The van der Waals surface area contributed by atoms with Crippen molar-refractivity contribution in [2.45, 2.75) is 24.4 Å². The first kappa shape index (κ1) is 15.9. The molecule has 0 aliphatic rings. The van der Waals surface area contributed by atoms with E-state index in [1.165, 1.54) is 17.4 Å². The molecule has 0 bridgehead atoms. The summed E-state index contributed by atoms with van der Waals surface area (Å²) >= 11 is 1.45.